The van der Waals surface area contributed by atoms with Crippen LogP contribution in [0.1, 0.15) is 58.2 Å². The highest BCUT2D eigenvalue weighted by Crippen LogP contribution is 2.42. The van der Waals surface area contributed by atoms with Crippen molar-refractivity contribution in [2.45, 2.75) is 52.4 Å². The van der Waals surface area contributed by atoms with E-state index in [1.54, 1.807) is 6.07 Å². The van der Waals surface area contributed by atoms with Crippen molar-refractivity contribution >= 4 is 43.6 Å². The molecule has 6 aromatic carbocycles. The van der Waals surface area contributed by atoms with Crippen molar-refractivity contribution in [3.8, 4) is 28.6 Å². The third kappa shape index (κ3) is 4.82. The lowest BCUT2D eigenvalue weighted by Crippen LogP contribution is -2.11. The highest BCUT2D eigenvalue weighted by Gasteiger charge is 2.25. The fourth-order valence-corrected chi connectivity index (χ4v) is 7.35. The molecule has 2 aromatic heterocycles. The van der Waals surface area contributed by atoms with Gasteiger partial charge in [0.25, 0.3) is 0 Å². The van der Waals surface area contributed by atoms with E-state index in [9.17, 15) is 9.65 Å². The molecule has 0 spiro atoms. The van der Waals surface area contributed by atoms with Crippen LogP contribution in [-0.2, 0) is 10.8 Å². The Morgan fingerprint density at radius 3 is 1.44 bits per heavy atom. The summed E-state index contributed by atoms with van der Waals surface area (Å²) < 4.78 is 34.9. The lowest BCUT2D eigenvalue weighted by atomic mass is 9.86. The Labute approximate surface area is 290 Å². The molecular formula is C45H37F2N3. The number of fused-ring (bicyclic) bond motifs is 6. The quantitative estimate of drug-likeness (QED) is 0.186. The monoisotopic (exact) mass is 657 g/mol. The fourth-order valence-electron chi connectivity index (χ4n) is 7.35. The molecule has 0 aliphatic heterocycles. The largest absolute Gasteiger partial charge is 0.308 e. The number of benzene rings is 6. The highest BCUT2D eigenvalue weighted by molar-refractivity contribution is 6.11. The summed E-state index contributed by atoms with van der Waals surface area (Å²) in [4.78, 5) is 0. The van der Waals surface area contributed by atoms with Crippen LogP contribution in [0, 0.1) is 23.0 Å². The minimum atomic E-state index is -0.927. The van der Waals surface area contributed by atoms with Gasteiger partial charge in [0.15, 0.2) is 11.6 Å². The number of halogens is 2. The summed E-state index contributed by atoms with van der Waals surface area (Å²) in [5, 5.41) is 15.4. The second-order valence-corrected chi connectivity index (χ2v) is 15.3. The van der Waals surface area contributed by atoms with Crippen LogP contribution in [0.5, 0.6) is 0 Å². The number of para-hydroxylation sites is 2. The van der Waals surface area contributed by atoms with Crippen molar-refractivity contribution in [2.24, 2.45) is 0 Å². The van der Waals surface area contributed by atoms with Crippen LogP contribution in [0.15, 0.2) is 115 Å². The van der Waals surface area contributed by atoms with Crippen LogP contribution in [0.25, 0.3) is 66.1 Å². The number of nitrogens with zero attached hydrogens (tertiary/aromatic N) is 3. The Morgan fingerprint density at radius 2 is 0.980 bits per heavy atom. The molecule has 246 valence electrons. The van der Waals surface area contributed by atoms with Gasteiger partial charge in [-0.15, -0.1) is 0 Å². The van der Waals surface area contributed by atoms with Gasteiger partial charge in [-0.25, -0.2) is 8.78 Å². The van der Waals surface area contributed by atoms with Gasteiger partial charge in [0.1, 0.15) is 11.6 Å². The molecule has 0 unspecified atom stereocenters. The maximum atomic E-state index is 15.7. The molecule has 50 heavy (non-hydrogen) atoms. The van der Waals surface area contributed by atoms with E-state index in [0.717, 1.165) is 60.8 Å². The molecule has 0 bridgehead atoms. The van der Waals surface area contributed by atoms with Crippen LogP contribution >= 0.6 is 0 Å². The van der Waals surface area contributed by atoms with Gasteiger partial charge in [-0.3, -0.25) is 0 Å². The zero-order chi connectivity index (χ0) is 35.1. The Morgan fingerprint density at radius 1 is 0.520 bits per heavy atom. The van der Waals surface area contributed by atoms with E-state index in [1.807, 2.05) is 36.4 Å². The third-order valence-corrected chi connectivity index (χ3v) is 10.0. The first-order valence-electron chi connectivity index (χ1n) is 17.0. The second-order valence-electron chi connectivity index (χ2n) is 15.3. The average molecular weight is 658 g/mol. The van der Waals surface area contributed by atoms with Crippen molar-refractivity contribution in [3.05, 3.63) is 144 Å². The van der Waals surface area contributed by atoms with Gasteiger partial charge in [0.2, 0.25) is 0 Å². The summed E-state index contributed by atoms with van der Waals surface area (Å²) in [6.07, 6.45) is 0. The van der Waals surface area contributed by atoms with Crippen molar-refractivity contribution in [1.29, 1.82) is 5.26 Å². The summed E-state index contributed by atoms with van der Waals surface area (Å²) in [5.41, 5.74) is 8.00. The topological polar surface area (TPSA) is 33.6 Å². The normalized spacial score (nSPS) is 12.4. The summed E-state index contributed by atoms with van der Waals surface area (Å²) in [6.45, 7) is 13.1. The van der Waals surface area contributed by atoms with Gasteiger partial charge in [-0.05, 0) is 70.0 Å². The molecule has 8 aromatic rings. The Hall–Kier alpha value is -5.73. The van der Waals surface area contributed by atoms with Crippen molar-refractivity contribution in [1.82, 2.24) is 9.13 Å². The molecule has 0 saturated carbocycles. The Bertz CT molecular complexity index is 2550. The van der Waals surface area contributed by atoms with Crippen LogP contribution in [0.3, 0.4) is 0 Å². The lowest BCUT2D eigenvalue weighted by Gasteiger charge is -2.21. The van der Waals surface area contributed by atoms with Gasteiger partial charge in [-0.2, -0.15) is 5.26 Å². The van der Waals surface area contributed by atoms with Crippen LogP contribution in [0.2, 0.25) is 0 Å². The molecule has 3 nitrogen and oxygen atoms in total. The Kier molecular flexibility index (Phi) is 7.03. The molecule has 0 amide bonds. The molecule has 0 aliphatic carbocycles. The summed E-state index contributed by atoms with van der Waals surface area (Å²) in [5.74, 6) is -1.85. The van der Waals surface area contributed by atoms with E-state index in [4.69, 9.17) is 0 Å². The van der Waals surface area contributed by atoms with Crippen LogP contribution in [-0.4, -0.2) is 9.13 Å². The standard InChI is InChI=1S/C45H37F2N3/c1-44(2,3)28-18-20-33-31-12-7-9-16-37(31)49(41(33)24-28)39-22-27(30-14-11-15-36(46)43(30)47)23-40(35(39)26-48)50-38-17-10-8-13-32(38)34-21-19-29(25-42(34)50)45(4,5)6/h7-25H,1-6H3. The Balaban J connectivity index is 1.58. The molecule has 0 aliphatic rings. The number of rotatable bonds is 3. The second kappa shape index (κ2) is 11.1. The first-order valence-corrected chi connectivity index (χ1v) is 17.0. The minimum Gasteiger partial charge on any atom is -0.308 e. The summed E-state index contributed by atoms with van der Waals surface area (Å²) in [7, 11) is 0. The summed E-state index contributed by atoms with van der Waals surface area (Å²) >= 11 is 0. The van der Waals surface area contributed by atoms with E-state index >= 15 is 4.39 Å². The molecule has 0 N–H and O–H groups in total. The summed E-state index contributed by atoms with van der Waals surface area (Å²) in [6, 6.07) is 39.9. The van der Waals surface area contributed by atoms with E-state index in [0.29, 0.717) is 22.5 Å². The lowest BCUT2D eigenvalue weighted by molar-refractivity contribution is 0.511. The van der Waals surface area contributed by atoms with Crippen molar-refractivity contribution in [3.63, 3.8) is 0 Å². The number of hydrogen-bond acceptors (Lipinski definition) is 1. The molecule has 2 heterocycles. The first kappa shape index (κ1) is 31.5. The van der Waals surface area contributed by atoms with Gasteiger partial charge in [0, 0.05) is 27.1 Å². The minimum absolute atomic E-state index is 0.126. The number of hydrogen-bond donors (Lipinski definition) is 0. The average Bonchev–Trinajstić information content (AvgIpc) is 3.60. The zero-order valence-electron chi connectivity index (χ0n) is 29.1. The maximum Gasteiger partial charge on any atom is 0.166 e. The predicted molar refractivity (Wildman–Crippen MR) is 203 cm³/mol. The zero-order valence-corrected chi connectivity index (χ0v) is 29.1. The van der Waals surface area contributed by atoms with Gasteiger partial charge in [0.05, 0.1) is 33.4 Å². The van der Waals surface area contributed by atoms with Crippen LogP contribution in [0.4, 0.5) is 8.78 Å². The molecule has 0 fully saturated rings. The van der Waals surface area contributed by atoms with Gasteiger partial charge < -0.3 is 9.13 Å². The van der Waals surface area contributed by atoms with Crippen molar-refractivity contribution in [2.75, 3.05) is 0 Å². The maximum absolute atomic E-state index is 15.7. The van der Waals surface area contributed by atoms with Crippen molar-refractivity contribution < 1.29 is 8.78 Å². The van der Waals surface area contributed by atoms with E-state index in [-0.39, 0.29) is 16.4 Å². The van der Waals surface area contributed by atoms with E-state index in [1.165, 1.54) is 6.07 Å². The number of nitriles is 1. The first-order chi connectivity index (χ1) is 23.9. The predicted octanol–water partition coefficient (Wildman–Crippen LogP) is 12.3. The SMILES string of the molecule is CC(C)(C)c1ccc2c3ccccc3n(-c3cc(-c4cccc(F)c4F)cc(-n4c5ccccc5c5ccc(C(C)(C)C)cc54)c3C#N)c2c1. The smallest absolute Gasteiger partial charge is 0.166 e. The van der Waals surface area contributed by atoms with Gasteiger partial charge >= 0.3 is 0 Å². The molecule has 0 saturated heterocycles. The molecule has 8 rings (SSSR count). The molecule has 0 atom stereocenters. The number of aromatic nitrogens is 2. The van der Waals surface area contributed by atoms with E-state index in [2.05, 4.69) is 117 Å². The van der Waals surface area contributed by atoms with Crippen LogP contribution < -0.4 is 0 Å². The molecule has 0 radical (unpaired) electrons. The fraction of sp³-hybridized carbons (Fsp3) is 0.178. The molecular weight excluding hydrogens is 621 g/mol. The van der Waals surface area contributed by atoms with Gasteiger partial charge in [-0.1, -0.05) is 114 Å². The third-order valence-electron chi connectivity index (χ3n) is 10.0. The molecule has 5 heteroatoms. The highest BCUT2D eigenvalue weighted by atomic mass is 19.2. The van der Waals surface area contributed by atoms with E-state index < -0.39 is 11.6 Å².